The summed E-state index contributed by atoms with van der Waals surface area (Å²) in [5, 5.41) is 25.6. The lowest BCUT2D eigenvalue weighted by Gasteiger charge is -2.33. The van der Waals surface area contributed by atoms with Crippen LogP contribution in [0.3, 0.4) is 0 Å². The van der Waals surface area contributed by atoms with Crippen molar-refractivity contribution in [1.82, 2.24) is 35.5 Å². The molecule has 10 nitrogen and oxygen atoms in total. The fourth-order valence-corrected chi connectivity index (χ4v) is 3.62. The van der Waals surface area contributed by atoms with E-state index in [0.717, 1.165) is 31.2 Å². The highest BCUT2D eigenvalue weighted by molar-refractivity contribution is 5.85. The van der Waals surface area contributed by atoms with Crippen LogP contribution in [0, 0.1) is 12.8 Å². The van der Waals surface area contributed by atoms with Crippen LogP contribution in [0.2, 0.25) is 0 Å². The molecular weight excluding hydrogens is 418 g/mol. The van der Waals surface area contributed by atoms with Gasteiger partial charge in [0.1, 0.15) is 23.0 Å². The maximum atomic E-state index is 10.4. The van der Waals surface area contributed by atoms with Gasteiger partial charge in [0.05, 0.1) is 36.2 Å². The van der Waals surface area contributed by atoms with Gasteiger partial charge in [0.15, 0.2) is 0 Å². The van der Waals surface area contributed by atoms with Crippen molar-refractivity contribution in [2.45, 2.75) is 25.8 Å². The molecule has 1 aliphatic heterocycles. The second-order valence-corrected chi connectivity index (χ2v) is 7.75. The van der Waals surface area contributed by atoms with E-state index in [1.165, 1.54) is 12.8 Å². The Morgan fingerprint density at radius 2 is 1.94 bits per heavy atom. The van der Waals surface area contributed by atoms with Crippen LogP contribution >= 0.6 is 12.4 Å². The lowest BCUT2D eigenvalue weighted by Crippen LogP contribution is -2.52. The highest BCUT2D eigenvalue weighted by Gasteiger charge is 2.34. The van der Waals surface area contributed by atoms with E-state index in [1.54, 1.807) is 30.9 Å². The zero-order chi connectivity index (χ0) is 20.5. The minimum atomic E-state index is -0.0140. The molecule has 11 heteroatoms. The summed E-state index contributed by atoms with van der Waals surface area (Å²) in [7, 11) is 0. The predicted molar refractivity (Wildman–Crippen MR) is 119 cm³/mol. The van der Waals surface area contributed by atoms with Crippen LogP contribution in [0.5, 0.6) is 5.75 Å². The molecule has 1 saturated carbocycles. The third-order valence-corrected chi connectivity index (χ3v) is 5.39. The number of piperazine rings is 1. The number of nitrogens with one attached hydrogen (secondary N) is 2. The smallest absolute Gasteiger partial charge is 0.245 e. The summed E-state index contributed by atoms with van der Waals surface area (Å²) in [4.78, 5) is 19.4. The lowest BCUT2D eigenvalue weighted by atomic mass is 10.1. The Bertz CT molecular complexity index is 1030. The molecule has 1 atom stereocenters. The molecule has 1 aliphatic carbocycles. The van der Waals surface area contributed by atoms with Gasteiger partial charge in [0, 0.05) is 31.7 Å². The van der Waals surface area contributed by atoms with Crippen LogP contribution < -0.4 is 15.5 Å². The van der Waals surface area contributed by atoms with E-state index in [2.05, 4.69) is 45.7 Å². The van der Waals surface area contributed by atoms with Crippen molar-refractivity contribution < 1.29 is 5.11 Å². The number of aryl methyl sites for hydroxylation is 1. The number of rotatable bonds is 5. The van der Waals surface area contributed by atoms with Gasteiger partial charge in [0.2, 0.25) is 5.95 Å². The summed E-state index contributed by atoms with van der Waals surface area (Å²) >= 11 is 0. The molecule has 0 unspecified atom stereocenters. The highest BCUT2D eigenvalue weighted by Crippen LogP contribution is 2.34. The summed E-state index contributed by atoms with van der Waals surface area (Å²) in [6.45, 7) is 4.55. The Hall–Kier alpha value is -3.11. The quantitative estimate of drug-likeness (QED) is 0.541. The van der Waals surface area contributed by atoms with Crippen molar-refractivity contribution in [3.8, 4) is 17.1 Å². The van der Waals surface area contributed by atoms with Crippen LogP contribution in [0.1, 0.15) is 18.5 Å². The highest BCUT2D eigenvalue weighted by atomic mass is 35.5. The molecule has 2 aliphatic rings. The summed E-state index contributed by atoms with van der Waals surface area (Å²) in [5.41, 5.74) is 2.18. The minimum absolute atomic E-state index is 0. The van der Waals surface area contributed by atoms with E-state index >= 15 is 0 Å². The van der Waals surface area contributed by atoms with Crippen molar-refractivity contribution in [1.29, 1.82) is 0 Å². The van der Waals surface area contributed by atoms with Crippen molar-refractivity contribution in [2.75, 3.05) is 29.9 Å². The number of aromatic hydroxyl groups is 1. The SMILES string of the molecule is Cc1cnc(Nc2cnc(-c3cnc(N4CCN[C@@H](C5CC5)C4)nn3)c(O)c2)cn1.Cl. The molecule has 1 saturated heterocycles. The molecule has 3 aromatic rings. The summed E-state index contributed by atoms with van der Waals surface area (Å²) in [6.07, 6.45) is 9.10. The van der Waals surface area contributed by atoms with Crippen molar-refractivity contribution >= 4 is 29.9 Å². The van der Waals surface area contributed by atoms with Crippen LogP contribution in [0.15, 0.2) is 30.9 Å². The van der Waals surface area contributed by atoms with Gasteiger partial charge in [-0.1, -0.05) is 0 Å². The fraction of sp³-hybridized carbons (Fsp3) is 0.400. The third kappa shape index (κ3) is 4.80. The zero-order valence-electron chi connectivity index (χ0n) is 17.1. The van der Waals surface area contributed by atoms with Gasteiger partial charge in [0.25, 0.3) is 0 Å². The number of halogens is 1. The first-order valence-electron chi connectivity index (χ1n) is 10.1. The molecule has 31 heavy (non-hydrogen) atoms. The molecule has 4 heterocycles. The molecule has 3 aromatic heterocycles. The Labute approximate surface area is 186 Å². The van der Waals surface area contributed by atoms with E-state index in [0.29, 0.717) is 34.9 Å². The van der Waals surface area contributed by atoms with Crippen molar-refractivity contribution in [3.63, 3.8) is 0 Å². The number of pyridine rings is 1. The van der Waals surface area contributed by atoms with Gasteiger partial charge in [-0.2, -0.15) is 0 Å². The number of anilines is 3. The average Bonchev–Trinajstić information content (AvgIpc) is 3.61. The molecule has 0 bridgehead atoms. The Balaban J connectivity index is 0.00000231. The Morgan fingerprint density at radius 3 is 2.61 bits per heavy atom. The maximum Gasteiger partial charge on any atom is 0.245 e. The number of hydrogen-bond acceptors (Lipinski definition) is 10. The van der Waals surface area contributed by atoms with Crippen molar-refractivity contribution in [3.05, 3.63) is 36.5 Å². The van der Waals surface area contributed by atoms with E-state index in [9.17, 15) is 5.11 Å². The normalized spacial score (nSPS) is 18.4. The third-order valence-electron chi connectivity index (χ3n) is 5.39. The van der Waals surface area contributed by atoms with Gasteiger partial charge < -0.3 is 20.6 Å². The number of hydrogen-bond donors (Lipinski definition) is 3. The number of nitrogens with zero attached hydrogens (tertiary/aromatic N) is 7. The van der Waals surface area contributed by atoms with E-state index in [4.69, 9.17) is 0 Å². The molecule has 0 spiro atoms. The predicted octanol–water partition coefficient (Wildman–Crippen LogP) is 2.09. The zero-order valence-corrected chi connectivity index (χ0v) is 17.9. The van der Waals surface area contributed by atoms with Crippen LogP contribution in [-0.2, 0) is 0 Å². The minimum Gasteiger partial charge on any atom is -0.506 e. The summed E-state index contributed by atoms with van der Waals surface area (Å²) in [5.74, 6) is 1.95. The standard InChI is InChI=1S/C20H23N9O.ClH/c1-12-7-23-18(10-22-12)26-14-6-17(30)19(24-8-14)15-9-25-20(28-27-15)29-5-4-21-16(11-29)13-2-3-13;/h6-10,13,16,21,30H,2-5,11H2,1H3,(H,23,26);1H/t16-;/m1./s1. The molecule has 3 N–H and O–H groups in total. The van der Waals surface area contributed by atoms with Gasteiger partial charge in [-0.15, -0.1) is 22.6 Å². The number of aromatic nitrogens is 6. The summed E-state index contributed by atoms with van der Waals surface area (Å²) in [6, 6.07) is 2.07. The van der Waals surface area contributed by atoms with Gasteiger partial charge in [-0.05, 0) is 25.7 Å². The lowest BCUT2D eigenvalue weighted by molar-refractivity contribution is 0.414. The van der Waals surface area contributed by atoms with Crippen LogP contribution in [-0.4, -0.2) is 60.9 Å². The monoisotopic (exact) mass is 441 g/mol. The molecule has 0 amide bonds. The second-order valence-electron chi connectivity index (χ2n) is 7.75. The average molecular weight is 442 g/mol. The van der Waals surface area contributed by atoms with Crippen LogP contribution in [0.25, 0.3) is 11.4 Å². The van der Waals surface area contributed by atoms with Crippen molar-refractivity contribution in [2.24, 2.45) is 5.92 Å². The molecule has 2 fully saturated rings. The first-order valence-corrected chi connectivity index (χ1v) is 10.1. The molecule has 0 aromatic carbocycles. The van der Waals surface area contributed by atoms with Gasteiger partial charge in [-0.3, -0.25) is 4.98 Å². The molecule has 162 valence electrons. The van der Waals surface area contributed by atoms with Gasteiger partial charge in [-0.25, -0.2) is 15.0 Å². The second kappa shape index (κ2) is 8.94. The fourth-order valence-electron chi connectivity index (χ4n) is 3.62. The molecule has 5 rings (SSSR count). The maximum absolute atomic E-state index is 10.4. The van der Waals surface area contributed by atoms with Crippen LogP contribution in [0.4, 0.5) is 17.5 Å². The Kier molecular flexibility index (Phi) is 6.10. The molecular formula is C20H24ClN9O. The van der Waals surface area contributed by atoms with Gasteiger partial charge >= 0.3 is 0 Å². The molecule has 0 radical (unpaired) electrons. The topological polar surface area (TPSA) is 125 Å². The Morgan fingerprint density at radius 1 is 1.06 bits per heavy atom. The first kappa shape index (κ1) is 21.1. The first-order chi connectivity index (χ1) is 14.7. The van der Waals surface area contributed by atoms with E-state index < -0.39 is 0 Å². The largest absolute Gasteiger partial charge is 0.506 e. The summed E-state index contributed by atoms with van der Waals surface area (Å²) < 4.78 is 0. The van der Waals surface area contributed by atoms with E-state index in [1.807, 2.05) is 6.92 Å². The van der Waals surface area contributed by atoms with E-state index in [-0.39, 0.29) is 18.2 Å².